The molecule has 1 saturated heterocycles. The summed E-state index contributed by atoms with van der Waals surface area (Å²) in [5.41, 5.74) is 3.89. The first-order valence-electron chi connectivity index (χ1n) is 10.1. The lowest BCUT2D eigenvalue weighted by molar-refractivity contribution is 0.480. The summed E-state index contributed by atoms with van der Waals surface area (Å²) in [5, 5.41) is 14.1. The van der Waals surface area contributed by atoms with Crippen LogP contribution in [-0.2, 0) is 0 Å². The highest BCUT2D eigenvalue weighted by atomic mass is 16.3. The summed E-state index contributed by atoms with van der Waals surface area (Å²) < 4.78 is 6.02. The first-order chi connectivity index (χ1) is 14.7. The second-order valence-electron chi connectivity index (χ2n) is 7.49. The topological polar surface area (TPSA) is 65.7 Å². The largest absolute Gasteiger partial charge is 0.507 e. The number of hydrogen-bond donors (Lipinski definition) is 2. The van der Waals surface area contributed by atoms with Crippen molar-refractivity contribution in [2.75, 3.05) is 31.1 Å². The van der Waals surface area contributed by atoms with E-state index in [-0.39, 0.29) is 16.6 Å². The highest BCUT2D eigenvalue weighted by Gasteiger charge is 2.14. The second kappa shape index (κ2) is 7.69. The van der Waals surface area contributed by atoms with Gasteiger partial charge in [-0.2, -0.15) is 0 Å². The fourth-order valence-corrected chi connectivity index (χ4v) is 3.97. The van der Waals surface area contributed by atoms with E-state index in [9.17, 15) is 9.90 Å². The van der Waals surface area contributed by atoms with Gasteiger partial charge < -0.3 is 19.7 Å². The number of benzene rings is 3. The Balaban J connectivity index is 1.55. The van der Waals surface area contributed by atoms with E-state index >= 15 is 0 Å². The lowest BCUT2D eigenvalue weighted by Crippen LogP contribution is -2.43. The van der Waals surface area contributed by atoms with Gasteiger partial charge in [-0.15, -0.1) is 0 Å². The smallest absolute Gasteiger partial charge is 0.197 e. The van der Waals surface area contributed by atoms with Gasteiger partial charge in [-0.3, -0.25) is 4.79 Å². The molecule has 0 amide bonds. The standard InChI is InChI=1S/C25H22N2O3/c28-21-14-19(17-6-8-20(9-7-17)27-12-10-26-11-13-27)15-24-25(21)22(29)16-23(30-24)18-4-2-1-3-5-18/h1-9,14-16,26,28H,10-13H2. The summed E-state index contributed by atoms with van der Waals surface area (Å²) >= 11 is 0. The van der Waals surface area contributed by atoms with Crippen LogP contribution in [0.15, 0.2) is 82.0 Å². The van der Waals surface area contributed by atoms with Crippen molar-refractivity contribution in [2.24, 2.45) is 0 Å². The molecule has 150 valence electrons. The number of rotatable bonds is 3. The van der Waals surface area contributed by atoms with Gasteiger partial charge in [-0.25, -0.2) is 0 Å². The van der Waals surface area contributed by atoms with Crippen LogP contribution in [0.1, 0.15) is 0 Å². The molecule has 0 radical (unpaired) electrons. The second-order valence-corrected chi connectivity index (χ2v) is 7.49. The van der Waals surface area contributed by atoms with Gasteiger partial charge in [0.2, 0.25) is 0 Å². The molecule has 2 heterocycles. The number of fused-ring (bicyclic) bond motifs is 1. The molecule has 0 aliphatic carbocycles. The van der Waals surface area contributed by atoms with E-state index in [0.717, 1.165) is 42.9 Å². The van der Waals surface area contributed by atoms with E-state index in [4.69, 9.17) is 4.42 Å². The van der Waals surface area contributed by atoms with Crippen LogP contribution < -0.4 is 15.6 Å². The average Bonchev–Trinajstić information content (AvgIpc) is 2.80. The highest BCUT2D eigenvalue weighted by molar-refractivity contribution is 5.89. The van der Waals surface area contributed by atoms with Crippen LogP contribution in [0.4, 0.5) is 5.69 Å². The van der Waals surface area contributed by atoms with Crippen LogP contribution >= 0.6 is 0 Å². The van der Waals surface area contributed by atoms with Gasteiger partial charge in [0.05, 0.1) is 0 Å². The van der Waals surface area contributed by atoms with E-state index < -0.39 is 0 Å². The summed E-state index contributed by atoms with van der Waals surface area (Å²) in [7, 11) is 0. The van der Waals surface area contributed by atoms with Crippen molar-refractivity contribution in [3.05, 3.63) is 83.0 Å². The number of anilines is 1. The van der Waals surface area contributed by atoms with Crippen LogP contribution in [0.25, 0.3) is 33.4 Å². The number of nitrogens with zero attached hydrogens (tertiary/aromatic N) is 1. The predicted octanol–water partition coefficient (Wildman–Crippen LogP) is 4.24. The fraction of sp³-hybridized carbons (Fsp3) is 0.160. The van der Waals surface area contributed by atoms with Crippen LogP contribution in [-0.4, -0.2) is 31.3 Å². The Morgan fingerprint density at radius 3 is 2.30 bits per heavy atom. The van der Waals surface area contributed by atoms with Crippen LogP contribution in [0.3, 0.4) is 0 Å². The van der Waals surface area contributed by atoms with Crippen molar-refractivity contribution in [3.63, 3.8) is 0 Å². The molecular formula is C25H22N2O3. The third-order valence-corrected chi connectivity index (χ3v) is 5.55. The van der Waals surface area contributed by atoms with Crippen LogP contribution in [0.2, 0.25) is 0 Å². The zero-order chi connectivity index (χ0) is 20.5. The van der Waals surface area contributed by atoms with Gasteiger partial charge in [0.25, 0.3) is 0 Å². The number of piperazine rings is 1. The lowest BCUT2D eigenvalue weighted by Gasteiger charge is -2.29. The molecule has 1 fully saturated rings. The molecular weight excluding hydrogens is 376 g/mol. The molecule has 1 aliphatic heterocycles. The summed E-state index contributed by atoms with van der Waals surface area (Å²) in [6, 6.07) is 22.6. The van der Waals surface area contributed by atoms with Crippen LogP contribution in [0, 0.1) is 0 Å². The van der Waals surface area contributed by atoms with Gasteiger partial charge in [-0.1, -0.05) is 42.5 Å². The summed E-state index contributed by atoms with van der Waals surface area (Å²) in [5.74, 6) is 0.417. The summed E-state index contributed by atoms with van der Waals surface area (Å²) in [6.07, 6.45) is 0. The van der Waals surface area contributed by atoms with Crippen molar-refractivity contribution in [2.45, 2.75) is 0 Å². The Bertz CT molecular complexity index is 1240. The lowest BCUT2D eigenvalue weighted by atomic mass is 10.0. The maximum atomic E-state index is 12.6. The number of phenols is 1. The first-order valence-corrected chi connectivity index (χ1v) is 10.1. The van der Waals surface area contributed by atoms with Gasteiger partial charge in [0.1, 0.15) is 22.5 Å². The van der Waals surface area contributed by atoms with E-state index in [2.05, 4.69) is 22.3 Å². The molecule has 3 aromatic carbocycles. The third-order valence-electron chi connectivity index (χ3n) is 5.55. The van der Waals surface area contributed by atoms with Gasteiger partial charge in [0, 0.05) is 43.5 Å². The summed E-state index contributed by atoms with van der Waals surface area (Å²) in [6.45, 7) is 3.96. The average molecular weight is 398 g/mol. The quantitative estimate of drug-likeness (QED) is 0.540. The Morgan fingerprint density at radius 1 is 0.833 bits per heavy atom. The maximum absolute atomic E-state index is 12.6. The van der Waals surface area contributed by atoms with Crippen molar-refractivity contribution >= 4 is 16.7 Å². The molecule has 30 heavy (non-hydrogen) atoms. The van der Waals surface area contributed by atoms with E-state index in [1.807, 2.05) is 48.5 Å². The Kier molecular flexibility index (Phi) is 4.73. The molecule has 2 N–H and O–H groups in total. The van der Waals surface area contributed by atoms with Crippen molar-refractivity contribution < 1.29 is 9.52 Å². The Labute approximate surface area is 174 Å². The SMILES string of the molecule is O=c1cc(-c2ccccc2)oc2cc(-c3ccc(N4CCNCC4)cc3)cc(O)c12. The molecule has 0 unspecified atom stereocenters. The van der Waals surface area contributed by atoms with Crippen molar-refractivity contribution in [3.8, 4) is 28.2 Å². The molecule has 0 spiro atoms. The number of phenolic OH excluding ortho intramolecular Hbond substituents is 1. The molecule has 5 rings (SSSR count). The zero-order valence-corrected chi connectivity index (χ0v) is 16.5. The van der Waals surface area contributed by atoms with E-state index in [0.29, 0.717) is 11.3 Å². The Morgan fingerprint density at radius 2 is 1.57 bits per heavy atom. The molecule has 0 saturated carbocycles. The van der Waals surface area contributed by atoms with E-state index in [1.54, 1.807) is 6.07 Å². The molecule has 5 heteroatoms. The number of hydrogen-bond acceptors (Lipinski definition) is 5. The molecule has 4 aromatic rings. The molecule has 5 nitrogen and oxygen atoms in total. The van der Waals surface area contributed by atoms with Gasteiger partial charge in [-0.05, 0) is 35.4 Å². The minimum Gasteiger partial charge on any atom is -0.507 e. The van der Waals surface area contributed by atoms with Crippen molar-refractivity contribution in [1.82, 2.24) is 5.32 Å². The fourth-order valence-electron chi connectivity index (χ4n) is 3.97. The van der Waals surface area contributed by atoms with Gasteiger partial charge in [0.15, 0.2) is 5.43 Å². The van der Waals surface area contributed by atoms with Crippen molar-refractivity contribution in [1.29, 1.82) is 0 Å². The number of nitrogens with one attached hydrogen (secondary N) is 1. The first kappa shape index (κ1) is 18.5. The van der Waals surface area contributed by atoms with Gasteiger partial charge >= 0.3 is 0 Å². The summed E-state index contributed by atoms with van der Waals surface area (Å²) in [4.78, 5) is 15.0. The minimum absolute atomic E-state index is 0.0676. The molecule has 0 bridgehead atoms. The molecule has 1 aliphatic rings. The normalized spacial score (nSPS) is 14.2. The highest BCUT2D eigenvalue weighted by Crippen LogP contribution is 2.33. The maximum Gasteiger partial charge on any atom is 0.197 e. The van der Waals surface area contributed by atoms with Crippen LogP contribution in [0.5, 0.6) is 5.75 Å². The Hall–Kier alpha value is -3.57. The minimum atomic E-state index is -0.256. The zero-order valence-electron chi connectivity index (χ0n) is 16.5. The van der Waals surface area contributed by atoms with E-state index in [1.165, 1.54) is 11.8 Å². The molecule has 0 atom stereocenters. The third kappa shape index (κ3) is 3.44. The molecule has 1 aromatic heterocycles. The predicted molar refractivity (Wildman–Crippen MR) is 120 cm³/mol. The monoisotopic (exact) mass is 398 g/mol. The number of aromatic hydroxyl groups is 1.